The number of hydrogen-bond donors (Lipinski definition) is 0. The number of aryl methyl sites for hydroxylation is 3. The fraction of sp³-hybridized carbons (Fsp3) is 0.440. The number of piperidine rings is 1. The van der Waals surface area contributed by atoms with Gasteiger partial charge in [-0.1, -0.05) is 60.0 Å². The van der Waals surface area contributed by atoms with E-state index in [0.29, 0.717) is 6.54 Å². The summed E-state index contributed by atoms with van der Waals surface area (Å²) in [6.07, 6.45) is 4.41. The molecule has 2 aliphatic rings. The summed E-state index contributed by atoms with van der Waals surface area (Å²) in [4.78, 5) is 15.6. The molecule has 2 heterocycles. The quantitative estimate of drug-likeness (QED) is 0.755. The van der Waals surface area contributed by atoms with Gasteiger partial charge in [0.05, 0.1) is 18.3 Å². The highest BCUT2D eigenvalue weighted by Crippen LogP contribution is 2.35. The number of nitrogens with zero attached hydrogens (tertiary/aromatic N) is 3. The highest BCUT2D eigenvalue weighted by atomic mass is 16.2. The summed E-state index contributed by atoms with van der Waals surface area (Å²) in [6.45, 7) is 8.84. The summed E-state index contributed by atoms with van der Waals surface area (Å²) in [5.41, 5.74) is 6.99. The molecule has 0 aliphatic carbocycles. The lowest BCUT2D eigenvalue weighted by atomic mass is 9.93. The van der Waals surface area contributed by atoms with Gasteiger partial charge in [-0.05, 0) is 63.4 Å². The maximum atomic E-state index is 13.3. The molecule has 29 heavy (non-hydrogen) atoms. The number of benzene rings is 2. The van der Waals surface area contributed by atoms with Crippen molar-refractivity contribution in [1.29, 1.82) is 0 Å². The Morgan fingerprint density at radius 1 is 1.00 bits per heavy atom. The molecule has 2 aliphatic heterocycles. The normalized spacial score (nSPS) is 20.0. The molecular formula is C25H31N3O. The number of rotatable bonds is 4. The first kappa shape index (κ1) is 19.8. The van der Waals surface area contributed by atoms with Gasteiger partial charge in [0.15, 0.2) is 0 Å². The summed E-state index contributed by atoms with van der Waals surface area (Å²) in [7, 11) is 0. The maximum Gasteiger partial charge on any atom is 0.257 e. The second-order valence-electron chi connectivity index (χ2n) is 8.57. The van der Waals surface area contributed by atoms with Crippen LogP contribution in [0.2, 0.25) is 0 Å². The van der Waals surface area contributed by atoms with Gasteiger partial charge in [-0.2, -0.15) is 5.10 Å². The molecule has 0 saturated carbocycles. The standard InChI is InChI=1S/C25H31N3O/c1-18-8-7-9-21(14-18)23-16-24(22-15-19(2)10-11-20(22)3)28(26-23)25(29)17-27-12-5-4-6-13-27/h7-11,14-15,24H,4-6,12-13,16-17H2,1-3H3. The van der Waals surface area contributed by atoms with Gasteiger partial charge in [0.25, 0.3) is 5.91 Å². The Balaban J connectivity index is 1.65. The van der Waals surface area contributed by atoms with E-state index < -0.39 is 0 Å². The molecule has 152 valence electrons. The van der Waals surface area contributed by atoms with Gasteiger partial charge in [0.2, 0.25) is 0 Å². The van der Waals surface area contributed by atoms with Gasteiger partial charge in [-0.25, -0.2) is 5.01 Å². The minimum absolute atomic E-state index is 0.0253. The fourth-order valence-electron chi connectivity index (χ4n) is 4.48. The van der Waals surface area contributed by atoms with Gasteiger partial charge in [0.1, 0.15) is 0 Å². The topological polar surface area (TPSA) is 35.9 Å². The van der Waals surface area contributed by atoms with Gasteiger partial charge in [0, 0.05) is 6.42 Å². The second kappa shape index (κ2) is 8.50. The molecule has 0 spiro atoms. The molecule has 1 unspecified atom stereocenters. The van der Waals surface area contributed by atoms with Crippen molar-refractivity contribution in [2.75, 3.05) is 19.6 Å². The van der Waals surface area contributed by atoms with Crippen LogP contribution in [0, 0.1) is 20.8 Å². The Kier molecular flexibility index (Phi) is 5.81. The summed E-state index contributed by atoms with van der Waals surface area (Å²) < 4.78 is 0. The molecule has 1 fully saturated rings. The molecule has 0 radical (unpaired) electrons. The smallest absolute Gasteiger partial charge is 0.257 e. The molecule has 2 aromatic carbocycles. The summed E-state index contributed by atoms with van der Waals surface area (Å²) in [5, 5.41) is 6.64. The third kappa shape index (κ3) is 4.43. The molecule has 0 bridgehead atoms. The molecule has 4 rings (SSSR count). The molecule has 4 heteroatoms. The minimum atomic E-state index is -0.0253. The van der Waals surface area contributed by atoms with Crippen molar-refractivity contribution in [2.24, 2.45) is 5.10 Å². The van der Waals surface area contributed by atoms with Crippen molar-refractivity contribution in [2.45, 2.75) is 52.5 Å². The predicted molar refractivity (Wildman–Crippen MR) is 118 cm³/mol. The average molecular weight is 390 g/mol. The number of hydrazone groups is 1. The van der Waals surface area contributed by atoms with Crippen LogP contribution in [0.4, 0.5) is 0 Å². The van der Waals surface area contributed by atoms with Crippen LogP contribution in [0.1, 0.15) is 59.5 Å². The lowest BCUT2D eigenvalue weighted by Crippen LogP contribution is -2.40. The molecule has 0 N–H and O–H groups in total. The Hall–Kier alpha value is -2.46. The Morgan fingerprint density at radius 3 is 2.52 bits per heavy atom. The highest BCUT2D eigenvalue weighted by molar-refractivity contribution is 6.03. The van der Waals surface area contributed by atoms with Crippen LogP contribution in [0.3, 0.4) is 0 Å². The van der Waals surface area contributed by atoms with E-state index in [1.807, 2.05) is 0 Å². The van der Waals surface area contributed by atoms with Crippen molar-refractivity contribution in [1.82, 2.24) is 9.91 Å². The molecule has 2 aromatic rings. The van der Waals surface area contributed by atoms with E-state index in [1.54, 1.807) is 5.01 Å². The van der Waals surface area contributed by atoms with Crippen molar-refractivity contribution < 1.29 is 4.79 Å². The lowest BCUT2D eigenvalue weighted by molar-refractivity contribution is -0.134. The Morgan fingerprint density at radius 2 is 1.76 bits per heavy atom. The molecule has 1 saturated heterocycles. The number of likely N-dealkylation sites (tertiary alicyclic amines) is 1. The van der Waals surface area contributed by atoms with Crippen molar-refractivity contribution in [3.63, 3.8) is 0 Å². The van der Waals surface area contributed by atoms with E-state index in [-0.39, 0.29) is 11.9 Å². The Bertz CT molecular complexity index is 927. The molecule has 1 atom stereocenters. The zero-order valence-electron chi connectivity index (χ0n) is 17.8. The largest absolute Gasteiger partial charge is 0.294 e. The summed E-state index contributed by atoms with van der Waals surface area (Å²) in [5.74, 6) is 0.112. The summed E-state index contributed by atoms with van der Waals surface area (Å²) in [6, 6.07) is 14.9. The average Bonchev–Trinajstić information content (AvgIpc) is 3.16. The zero-order chi connectivity index (χ0) is 20.4. The number of hydrogen-bond acceptors (Lipinski definition) is 3. The van der Waals surface area contributed by atoms with E-state index in [1.165, 1.54) is 41.5 Å². The number of carbonyl (C=O) groups excluding carboxylic acids is 1. The number of amides is 1. The van der Waals surface area contributed by atoms with E-state index in [4.69, 9.17) is 5.10 Å². The van der Waals surface area contributed by atoms with Gasteiger partial charge < -0.3 is 0 Å². The predicted octanol–water partition coefficient (Wildman–Crippen LogP) is 4.78. The van der Waals surface area contributed by atoms with E-state index >= 15 is 0 Å². The summed E-state index contributed by atoms with van der Waals surface area (Å²) >= 11 is 0. The van der Waals surface area contributed by atoms with Crippen LogP contribution in [0.5, 0.6) is 0 Å². The fourth-order valence-corrected chi connectivity index (χ4v) is 4.48. The van der Waals surface area contributed by atoms with Crippen LogP contribution in [-0.4, -0.2) is 41.2 Å². The highest BCUT2D eigenvalue weighted by Gasteiger charge is 2.34. The van der Waals surface area contributed by atoms with Crippen LogP contribution in [-0.2, 0) is 4.79 Å². The van der Waals surface area contributed by atoms with Crippen molar-refractivity contribution >= 4 is 11.6 Å². The van der Waals surface area contributed by atoms with Crippen LogP contribution in [0.25, 0.3) is 0 Å². The van der Waals surface area contributed by atoms with E-state index in [9.17, 15) is 4.79 Å². The first-order chi connectivity index (χ1) is 14.0. The molecule has 1 amide bonds. The van der Waals surface area contributed by atoms with Crippen LogP contribution < -0.4 is 0 Å². The minimum Gasteiger partial charge on any atom is -0.294 e. The monoisotopic (exact) mass is 389 g/mol. The van der Waals surface area contributed by atoms with Gasteiger partial charge in [-0.15, -0.1) is 0 Å². The van der Waals surface area contributed by atoms with Crippen LogP contribution in [0.15, 0.2) is 47.6 Å². The van der Waals surface area contributed by atoms with E-state index in [0.717, 1.165) is 30.8 Å². The van der Waals surface area contributed by atoms with Crippen molar-refractivity contribution in [3.05, 3.63) is 70.3 Å². The van der Waals surface area contributed by atoms with Gasteiger partial charge in [-0.3, -0.25) is 9.69 Å². The SMILES string of the molecule is Cc1cccc(C2=NN(C(=O)CN3CCCCC3)C(c3cc(C)ccc3C)C2)c1. The van der Waals surface area contributed by atoms with E-state index in [2.05, 4.69) is 68.1 Å². The third-order valence-electron chi connectivity index (χ3n) is 6.12. The van der Waals surface area contributed by atoms with Crippen LogP contribution >= 0.6 is 0 Å². The number of carbonyl (C=O) groups is 1. The Labute approximate surface area is 174 Å². The zero-order valence-corrected chi connectivity index (χ0v) is 17.8. The first-order valence-corrected chi connectivity index (χ1v) is 10.8. The van der Waals surface area contributed by atoms with Crippen molar-refractivity contribution in [3.8, 4) is 0 Å². The van der Waals surface area contributed by atoms with Gasteiger partial charge >= 0.3 is 0 Å². The molecule has 4 nitrogen and oxygen atoms in total. The lowest BCUT2D eigenvalue weighted by Gasteiger charge is -2.29. The first-order valence-electron chi connectivity index (χ1n) is 10.8. The molecule has 0 aromatic heterocycles. The molecular weight excluding hydrogens is 358 g/mol. The maximum absolute atomic E-state index is 13.3. The second-order valence-corrected chi connectivity index (χ2v) is 8.57. The third-order valence-corrected chi connectivity index (χ3v) is 6.12.